The molecule has 1 saturated carbocycles. The van der Waals surface area contributed by atoms with Crippen LogP contribution < -0.4 is 19.8 Å². The Morgan fingerprint density at radius 2 is 1.24 bits per heavy atom. The van der Waals surface area contributed by atoms with Crippen molar-refractivity contribution in [3.05, 3.63) is 48.5 Å². The number of primary sulfonamides is 1. The molecule has 2 aromatic carbocycles. The molecule has 2 aromatic rings. The molecule has 0 aliphatic heterocycles. The number of ether oxygens (including phenoxy) is 2. The molecule has 3 rings (SSSR count). The van der Waals surface area contributed by atoms with Gasteiger partial charge in [0.1, 0.15) is 22.5 Å². The molecule has 0 bridgehead atoms. The van der Waals surface area contributed by atoms with Crippen LogP contribution in [0, 0.1) is 11.8 Å². The summed E-state index contributed by atoms with van der Waals surface area (Å²) in [4.78, 5) is 0.661. The molecule has 0 amide bonds. The molecule has 0 aromatic heterocycles. The Bertz CT molecular complexity index is 922. The van der Waals surface area contributed by atoms with Crippen LogP contribution in [0.2, 0.25) is 0 Å². The number of hydrogen-bond donors (Lipinski definition) is 2. The first-order valence-corrected chi connectivity index (χ1v) is 12.2. The van der Waals surface area contributed by atoms with E-state index >= 15 is 0 Å². The van der Waals surface area contributed by atoms with Crippen LogP contribution >= 0.6 is 0 Å². The van der Waals surface area contributed by atoms with Crippen molar-refractivity contribution in [2.45, 2.75) is 35.5 Å². The van der Waals surface area contributed by atoms with E-state index in [1.54, 1.807) is 36.4 Å². The largest absolute Gasteiger partial charge is 0.493 e. The lowest BCUT2D eigenvalue weighted by molar-refractivity contribution is 0.148. The molecule has 158 valence electrons. The lowest BCUT2D eigenvalue weighted by Crippen LogP contribution is -2.23. The molecule has 29 heavy (non-hydrogen) atoms. The summed E-state index contributed by atoms with van der Waals surface area (Å²) in [5.74, 6) is 2.38. The summed E-state index contributed by atoms with van der Waals surface area (Å²) in [7, 11) is -5.15. The highest BCUT2D eigenvalue weighted by Gasteiger charge is 2.22. The Kier molecular flexibility index (Phi) is 7.28. The van der Waals surface area contributed by atoms with Gasteiger partial charge in [-0.1, -0.05) is 0 Å². The van der Waals surface area contributed by atoms with E-state index in [1.807, 2.05) is 0 Å². The monoisotopic (exact) mass is 438 g/mol. The van der Waals surface area contributed by atoms with Gasteiger partial charge in [-0.2, -0.15) is 0 Å². The van der Waals surface area contributed by atoms with E-state index < -0.39 is 21.0 Å². The first-order valence-electron chi connectivity index (χ1n) is 9.46. The fourth-order valence-corrected chi connectivity index (χ4v) is 4.31. The van der Waals surface area contributed by atoms with Gasteiger partial charge in [0.25, 0.3) is 0 Å². The van der Waals surface area contributed by atoms with E-state index in [-0.39, 0.29) is 4.90 Å². The first-order chi connectivity index (χ1) is 13.8. The molecule has 1 fully saturated rings. The second-order valence-electron chi connectivity index (χ2n) is 7.29. The molecule has 0 heterocycles. The normalized spacial score (nSPS) is 20.8. The zero-order valence-electron chi connectivity index (χ0n) is 16.0. The molecular weight excluding hydrogens is 412 g/mol. The Labute approximate surface area is 174 Å². The zero-order chi connectivity index (χ0) is 20.9. The highest BCUT2D eigenvalue weighted by Crippen LogP contribution is 2.30. The molecule has 0 saturated heterocycles. The van der Waals surface area contributed by atoms with Crippen LogP contribution in [0.15, 0.2) is 58.3 Å². The molecule has 1 aliphatic carbocycles. The number of sulfonamides is 1. The summed E-state index contributed by atoms with van der Waals surface area (Å²) >= 11 is 0. The van der Waals surface area contributed by atoms with Crippen molar-refractivity contribution >= 4 is 21.0 Å². The summed E-state index contributed by atoms with van der Waals surface area (Å²) < 4.78 is 45.4. The van der Waals surface area contributed by atoms with Crippen molar-refractivity contribution in [2.75, 3.05) is 13.2 Å². The molecule has 0 spiro atoms. The lowest BCUT2D eigenvalue weighted by Gasteiger charge is -2.28. The fourth-order valence-electron chi connectivity index (χ4n) is 3.39. The fraction of sp³-hybridized carbons (Fsp3) is 0.400. The minimum absolute atomic E-state index is 0.0799. The molecular formula is C20H26N2O5S2. The van der Waals surface area contributed by atoms with Crippen molar-refractivity contribution in [3.8, 4) is 11.5 Å². The van der Waals surface area contributed by atoms with Crippen LogP contribution in [0.4, 0.5) is 0 Å². The summed E-state index contributed by atoms with van der Waals surface area (Å²) in [6, 6.07) is 13.2. The van der Waals surface area contributed by atoms with Gasteiger partial charge < -0.3 is 9.47 Å². The van der Waals surface area contributed by atoms with Gasteiger partial charge in [-0.15, -0.1) is 0 Å². The van der Waals surface area contributed by atoms with Gasteiger partial charge in [-0.05, 0) is 86.1 Å². The van der Waals surface area contributed by atoms with Gasteiger partial charge in [0, 0.05) is 0 Å². The smallest absolute Gasteiger partial charge is 0.238 e. The van der Waals surface area contributed by atoms with Crippen LogP contribution in [0.25, 0.3) is 0 Å². The summed E-state index contributed by atoms with van der Waals surface area (Å²) in [5, 5.41) is 10.4. The van der Waals surface area contributed by atoms with E-state index in [9.17, 15) is 12.6 Å². The summed E-state index contributed by atoms with van der Waals surface area (Å²) in [6.45, 7) is 1.27. The quantitative estimate of drug-likeness (QED) is 0.656. The number of nitrogens with two attached hydrogens (primary N) is 2. The maximum atomic E-state index is 11.3. The van der Waals surface area contributed by atoms with Gasteiger partial charge >= 0.3 is 0 Å². The third-order valence-corrected chi connectivity index (χ3v) is 6.81. The standard InChI is InChI=1S/C20H26N2O5S2/c21-28(23)19-9-5-17(6-10-19)26-13-15-1-3-16(4-2-15)14-27-18-7-11-20(12-8-18)29(22,24)25/h5-12,15-16H,1-4,13-14,21H2,(H2,22,24,25). The summed E-state index contributed by atoms with van der Waals surface area (Å²) in [6.07, 6.45) is 4.27. The second kappa shape index (κ2) is 9.71. The van der Waals surface area contributed by atoms with E-state index in [4.69, 9.17) is 19.8 Å². The van der Waals surface area contributed by atoms with Crippen LogP contribution in [-0.2, 0) is 21.0 Å². The molecule has 1 aliphatic rings. The predicted octanol–water partition coefficient (Wildman–Crippen LogP) is 2.58. The summed E-state index contributed by atoms with van der Waals surface area (Å²) in [5.41, 5.74) is 0. The van der Waals surface area contributed by atoms with Gasteiger partial charge in [0.2, 0.25) is 10.0 Å². The van der Waals surface area contributed by atoms with Crippen LogP contribution in [0.5, 0.6) is 11.5 Å². The van der Waals surface area contributed by atoms with Crippen LogP contribution in [-0.4, -0.2) is 25.8 Å². The minimum atomic E-state index is -3.68. The van der Waals surface area contributed by atoms with E-state index in [0.29, 0.717) is 35.7 Å². The number of benzene rings is 2. The van der Waals surface area contributed by atoms with Crippen molar-refractivity contribution < 1.29 is 22.1 Å². The zero-order valence-corrected chi connectivity index (χ0v) is 17.7. The number of rotatable bonds is 8. The molecule has 0 radical (unpaired) electrons. The third-order valence-electron chi connectivity index (χ3n) is 5.15. The SMILES string of the molecule is NS(=O)c1ccc(OCC2CCC(COc3ccc(S(N)(=O)=O)cc3)CC2)cc1. The molecule has 1 unspecified atom stereocenters. The molecule has 9 heteroatoms. The topological polar surface area (TPSA) is 122 Å². The van der Waals surface area contributed by atoms with Gasteiger partial charge in [-0.3, -0.25) is 0 Å². The number of hydrogen-bond acceptors (Lipinski definition) is 5. The Hall–Kier alpha value is -1.94. The molecule has 4 N–H and O–H groups in total. The highest BCUT2D eigenvalue weighted by molar-refractivity contribution is 7.89. The van der Waals surface area contributed by atoms with Gasteiger partial charge in [0.05, 0.1) is 23.0 Å². The Morgan fingerprint density at radius 3 is 1.62 bits per heavy atom. The van der Waals surface area contributed by atoms with E-state index in [1.165, 1.54) is 12.1 Å². The second-order valence-corrected chi connectivity index (χ2v) is 9.92. The van der Waals surface area contributed by atoms with Crippen molar-refractivity contribution in [1.82, 2.24) is 0 Å². The predicted molar refractivity (Wildman–Crippen MR) is 111 cm³/mol. The molecule has 7 nitrogen and oxygen atoms in total. The maximum absolute atomic E-state index is 11.3. The van der Waals surface area contributed by atoms with Crippen molar-refractivity contribution in [3.63, 3.8) is 0 Å². The van der Waals surface area contributed by atoms with Gasteiger partial charge in [-0.25, -0.2) is 22.9 Å². The highest BCUT2D eigenvalue weighted by atomic mass is 32.2. The van der Waals surface area contributed by atoms with Crippen LogP contribution in [0.3, 0.4) is 0 Å². The van der Waals surface area contributed by atoms with Gasteiger partial charge in [0.15, 0.2) is 0 Å². The molecule has 1 atom stereocenters. The average molecular weight is 439 g/mol. The van der Waals surface area contributed by atoms with E-state index in [2.05, 4.69) is 0 Å². The minimum Gasteiger partial charge on any atom is -0.493 e. The third kappa shape index (κ3) is 6.53. The van der Waals surface area contributed by atoms with E-state index in [0.717, 1.165) is 31.4 Å². The van der Waals surface area contributed by atoms with Crippen molar-refractivity contribution in [1.29, 1.82) is 0 Å². The van der Waals surface area contributed by atoms with Crippen molar-refractivity contribution in [2.24, 2.45) is 22.1 Å². The van der Waals surface area contributed by atoms with Crippen LogP contribution in [0.1, 0.15) is 25.7 Å². The average Bonchev–Trinajstić information content (AvgIpc) is 2.71. The lowest BCUT2D eigenvalue weighted by atomic mass is 9.83. The maximum Gasteiger partial charge on any atom is 0.238 e. The first kappa shape index (κ1) is 21.8. The Balaban J connectivity index is 1.38. The Morgan fingerprint density at radius 1 is 0.828 bits per heavy atom.